The Morgan fingerprint density at radius 3 is 2.57 bits per heavy atom. The minimum atomic E-state index is -3.47. The van der Waals surface area contributed by atoms with Crippen LogP contribution in [0, 0.1) is 0 Å². The van der Waals surface area contributed by atoms with E-state index in [2.05, 4.69) is 5.32 Å². The Kier molecular flexibility index (Phi) is 6.17. The summed E-state index contributed by atoms with van der Waals surface area (Å²) in [7, 11) is -3.47. The molecule has 0 aliphatic rings. The SMILES string of the molecule is CCCCS(=O)(=O)CC(=O)Nc1cc(C(=O)O)ccc1Cl. The van der Waals surface area contributed by atoms with Gasteiger partial charge in [-0.1, -0.05) is 24.9 Å². The highest BCUT2D eigenvalue weighted by Gasteiger charge is 2.17. The van der Waals surface area contributed by atoms with Gasteiger partial charge in [-0.3, -0.25) is 4.79 Å². The van der Waals surface area contributed by atoms with Crippen LogP contribution in [0.4, 0.5) is 5.69 Å². The van der Waals surface area contributed by atoms with E-state index in [4.69, 9.17) is 16.7 Å². The largest absolute Gasteiger partial charge is 0.478 e. The number of rotatable bonds is 7. The van der Waals surface area contributed by atoms with Crippen molar-refractivity contribution in [1.29, 1.82) is 0 Å². The fourth-order valence-corrected chi connectivity index (χ4v) is 3.09. The number of nitrogens with one attached hydrogen (secondary N) is 1. The molecule has 0 unspecified atom stereocenters. The van der Waals surface area contributed by atoms with Gasteiger partial charge in [0.1, 0.15) is 5.75 Å². The van der Waals surface area contributed by atoms with E-state index in [0.717, 1.165) is 0 Å². The molecule has 6 nitrogen and oxygen atoms in total. The number of halogens is 1. The smallest absolute Gasteiger partial charge is 0.335 e. The highest BCUT2D eigenvalue weighted by molar-refractivity contribution is 7.92. The fraction of sp³-hybridized carbons (Fsp3) is 0.385. The van der Waals surface area contributed by atoms with Crippen LogP contribution in [-0.2, 0) is 14.6 Å². The number of carboxylic acids is 1. The second-order valence-corrected chi connectivity index (χ2v) is 7.08. The maximum absolute atomic E-state index is 11.7. The van der Waals surface area contributed by atoms with E-state index in [0.29, 0.717) is 12.8 Å². The number of benzene rings is 1. The Hall–Kier alpha value is -1.60. The lowest BCUT2D eigenvalue weighted by atomic mass is 10.2. The van der Waals surface area contributed by atoms with E-state index in [1.54, 1.807) is 0 Å². The van der Waals surface area contributed by atoms with E-state index in [1.165, 1.54) is 18.2 Å². The summed E-state index contributed by atoms with van der Waals surface area (Å²) in [5.41, 5.74) is 0.0239. The first-order valence-electron chi connectivity index (χ1n) is 6.28. The van der Waals surface area contributed by atoms with Crippen molar-refractivity contribution in [3.05, 3.63) is 28.8 Å². The van der Waals surface area contributed by atoms with Gasteiger partial charge in [-0.2, -0.15) is 0 Å². The van der Waals surface area contributed by atoms with Crippen LogP contribution in [0.25, 0.3) is 0 Å². The molecule has 0 aromatic heterocycles. The Bertz CT molecular complexity index is 642. The third-order valence-corrected chi connectivity index (χ3v) is 4.59. The molecule has 116 valence electrons. The van der Waals surface area contributed by atoms with Crippen LogP contribution < -0.4 is 5.32 Å². The van der Waals surface area contributed by atoms with E-state index in [-0.39, 0.29) is 22.0 Å². The first-order chi connectivity index (χ1) is 9.75. The van der Waals surface area contributed by atoms with Gasteiger partial charge in [0.05, 0.1) is 22.0 Å². The summed E-state index contributed by atoms with van der Waals surface area (Å²) >= 11 is 5.84. The summed E-state index contributed by atoms with van der Waals surface area (Å²) < 4.78 is 23.3. The topological polar surface area (TPSA) is 101 Å². The Morgan fingerprint density at radius 2 is 2.00 bits per heavy atom. The van der Waals surface area contributed by atoms with Gasteiger partial charge in [0.15, 0.2) is 9.84 Å². The molecule has 1 rings (SSSR count). The number of amides is 1. The molecule has 1 amide bonds. The molecule has 0 radical (unpaired) electrons. The summed E-state index contributed by atoms with van der Waals surface area (Å²) in [4.78, 5) is 22.6. The monoisotopic (exact) mass is 333 g/mol. The van der Waals surface area contributed by atoms with E-state index < -0.39 is 27.5 Å². The molecule has 0 saturated carbocycles. The molecule has 0 aliphatic heterocycles. The summed E-state index contributed by atoms with van der Waals surface area (Å²) in [5, 5.41) is 11.3. The van der Waals surface area contributed by atoms with Gasteiger partial charge in [-0.25, -0.2) is 13.2 Å². The van der Waals surface area contributed by atoms with E-state index in [9.17, 15) is 18.0 Å². The highest BCUT2D eigenvalue weighted by Crippen LogP contribution is 2.23. The van der Waals surface area contributed by atoms with Crippen molar-refractivity contribution in [2.45, 2.75) is 19.8 Å². The van der Waals surface area contributed by atoms with Crippen LogP contribution >= 0.6 is 11.6 Å². The molecule has 1 aromatic carbocycles. The van der Waals surface area contributed by atoms with Gasteiger partial charge in [0, 0.05) is 0 Å². The molecule has 0 aliphatic carbocycles. The van der Waals surface area contributed by atoms with Crippen molar-refractivity contribution in [2.75, 3.05) is 16.8 Å². The number of aromatic carboxylic acids is 1. The lowest BCUT2D eigenvalue weighted by Gasteiger charge is -2.08. The molecular weight excluding hydrogens is 318 g/mol. The highest BCUT2D eigenvalue weighted by atomic mass is 35.5. The third kappa shape index (κ3) is 5.73. The molecule has 21 heavy (non-hydrogen) atoms. The first kappa shape index (κ1) is 17.5. The summed E-state index contributed by atoms with van der Waals surface area (Å²) in [5.74, 6) is -2.62. The zero-order valence-electron chi connectivity index (χ0n) is 11.4. The molecule has 0 spiro atoms. The fourth-order valence-electron chi connectivity index (χ4n) is 1.58. The first-order valence-corrected chi connectivity index (χ1v) is 8.48. The Balaban J connectivity index is 2.79. The molecule has 0 saturated heterocycles. The average Bonchev–Trinajstić information content (AvgIpc) is 2.38. The summed E-state index contributed by atoms with van der Waals surface area (Å²) in [6, 6.07) is 3.80. The Labute approximate surface area is 128 Å². The van der Waals surface area contributed by atoms with Gasteiger partial charge in [0.25, 0.3) is 0 Å². The van der Waals surface area contributed by atoms with Crippen molar-refractivity contribution >= 4 is 39.0 Å². The zero-order valence-corrected chi connectivity index (χ0v) is 13.0. The molecule has 0 fully saturated rings. The minimum absolute atomic E-state index is 0.0523. The van der Waals surface area contributed by atoms with Crippen LogP contribution in [0.5, 0.6) is 0 Å². The maximum atomic E-state index is 11.7. The van der Waals surface area contributed by atoms with Crippen LogP contribution in [-0.4, -0.2) is 36.9 Å². The van der Waals surface area contributed by atoms with Gasteiger partial charge in [-0.05, 0) is 24.6 Å². The molecular formula is C13H16ClNO5S. The van der Waals surface area contributed by atoms with Gasteiger partial charge in [0.2, 0.25) is 5.91 Å². The molecule has 2 N–H and O–H groups in total. The van der Waals surface area contributed by atoms with Crippen LogP contribution in [0.3, 0.4) is 0 Å². The second kappa shape index (κ2) is 7.42. The third-order valence-electron chi connectivity index (χ3n) is 2.65. The van der Waals surface area contributed by atoms with Crippen molar-refractivity contribution in [3.63, 3.8) is 0 Å². The van der Waals surface area contributed by atoms with Crippen LogP contribution in [0.2, 0.25) is 5.02 Å². The lowest BCUT2D eigenvalue weighted by Crippen LogP contribution is -2.25. The Morgan fingerprint density at radius 1 is 1.33 bits per heavy atom. The van der Waals surface area contributed by atoms with Gasteiger partial charge < -0.3 is 10.4 Å². The quantitative estimate of drug-likeness (QED) is 0.796. The predicted octanol–water partition coefficient (Wildman–Crippen LogP) is 2.19. The molecule has 0 bridgehead atoms. The lowest BCUT2D eigenvalue weighted by molar-refractivity contribution is -0.113. The standard InChI is InChI=1S/C13H16ClNO5S/c1-2-3-6-21(19,20)8-12(16)15-11-7-9(13(17)18)4-5-10(11)14/h4-5,7H,2-3,6,8H2,1H3,(H,15,16)(H,17,18). The van der Waals surface area contributed by atoms with Gasteiger partial charge in [-0.15, -0.1) is 0 Å². The molecule has 1 aromatic rings. The van der Waals surface area contributed by atoms with Crippen LogP contribution in [0.15, 0.2) is 18.2 Å². The molecule has 0 heterocycles. The van der Waals surface area contributed by atoms with Crippen molar-refractivity contribution in [2.24, 2.45) is 0 Å². The number of hydrogen-bond acceptors (Lipinski definition) is 4. The second-order valence-electron chi connectivity index (χ2n) is 4.49. The van der Waals surface area contributed by atoms with Crippen molar-refractivity contribution < 1.29 is 23.1 Å². The van der Waals surface area contributed by atoms with Crippen molar-refractivity contribution in [3.8, 4) is 0 Å². The van der Waals surface area contributed by atoms with Gasteiger partial charge >= 0.3 is 5.97 Å². The van der Waals surface area contributed by atoms with E-state index in [1.807, 2.05) is 6.92 Å². The zero-order chi connectivity index (χ0) is 16.0. The average molecular weight is 334 g/mol. The number of sulfone groups is 1. The summed E-state index contributed by atoms with van der Waals surface area (Å²) in [6.45, 7) is 1.85. The van der Waals surface area contributed by atoms with E-state index >= 15 is 0 Å². The predicted molar refractivity (Wildman–Crippen MR) is 80.6 cm³/mol. The minimum Gasteiger partial charge on any atom is -0.478 e. The number of anilines is 1. The van der Waals surface area contributed by atoms with Crippen LogP contribution in [0.1, 0.15) is 30.1 Å². The summed E-state index contributed by atoms with van der Waals surface area (Å²) in [6.07, 6.45) is 1.21. The molecule has 0 atom stereocenters. The number of unbranched alkanes of at least 4 members (excludes halogenated alkanes) is 1. The number of carbonyl (C=O) groups excluding carboxylic acids is 1. The number of hydrogen-bond donors (Lipinski definition) is 2. The maximum Gasteiger partial charge on any atom is 0.335 e. The van der Waals surface area contributed by atoms with Crippen molar-refractivity contribution in [1.82, 2.24) is 0 Å². The normalized spacial score (nSPS) is 11.1. The molecule has 8 heteroatoms. The number of carbonyl (C=O) groups is 2. The number of carboxylic acid groups (broad SMARTS) is 1.